The zero-order valence-corrected chi connectivity index (χ0v) is 14.3. The van der Waals surface area contributed by atoms with Gasteiger partial charge in [-0.25, -0.2) is 0 Å². The fourth-order valence-electron chi connectivity index (χ4n) is 2.99. The Morgan fingerprint density at radius 1 is 1.12 bits per heavy atom. The summed E-state index contributed by atoms with van der Waals surface area (Å²) in [5, 5.41) is 0.715. The molecule has 1 saturated heterocycles. The number of rotatable bonds is 2. The maximum Gasteiger partial charge on any atom is 0.259 e. The number of amides is 1. The summed E-state index contributed by atoms with van der Waals surface area (Å²) in [4.78, 5) is 31.7. The lowest BCUT2D eigenvalue weighted by atomic mass is 10.2. The number of halogens is 1. The van der Waals surface area contributed by atoms with Gasteiger partial charge in [0.1, 0.15) is 5.56 Å². The standard InChI is InChI=1S/C18H20ClN3O2/c1-13-11-20-12-14(17(13)23)18(24)22-8-4-7-21(9-10-22)16-6-3-2-5-15(16)19/h2-3,5-6,11-12H,4,7-10H2,1H3,(H,20,23). The van der Waals surface area contributed by atoms with Crippen LogP contribution in [0.15, 0.2) is 41.5 Å². The number of nitrogens with one attached hydrogen (secondary N) is 1. The van der Waals surface area contributed by atoms with Gasteiger partial charge in [-0.2, -0.15) is 0 Å². The second-order valence-corrected chi connectivity index (χ2v) is 6.37. The van der Waals surface area contributed by atoms with Crippen LogP contribution in [0.25, 0.3) is 0 Å². The Morgan fingerprint density at radius 2 is 1.92 bits per heavy atom. The second kappa shape index (κ2) is 7.09. The van der Waals surface area contributed by atoms with Crippen LogP contribution in [0.3, 0.4) is 0 Å². The van der Waals surface area contributed by atoms with Gasteiger partial charge in [-0.1, -0.05) is 23.7 Å². The molecule has 5 nitrogen and oxygen atoms in total. The van der Waals surface area contributed by atoms with E-state index in [-0.39, 0.29) is 16.9 Å². The van der Waals surface area contributed by atoms with E-state index in [2.05, 4.69) is 9.88 Å². The number of aromatic amines is 1. The number of nitrogens with zero attached hydrogens (tertiary/aromatic N) is 2. The number of benzene rings is 1. The van der Waals surface area contributed by atoms with E-state index in [1.165, 1.54) is 6.20 Å². The van der Waals surface area contributed by atoms with Crippen molar-refractivity contribution < 1.29 is 4.79 Å². The molecule has 1 N–H and O–H groups in total. The fourth-order valence-corrected chi connectivity index (χ4v) is 3.25. The van der Waals surface area contributed by atoms with Crippen LogP contribution < -0.4 is 10.3 Å². The number of hydrogen-bond acceptors (Lipinski definition) is 3. The highest BCUT2D eigenvalue weighted by atomic mass is 35.5. The Hall–Kier alpha value is -2.27. The van der Waals surface area contributed by atoms with Gasteiger partial charge in [0.05, 0.1) is 10.7 Å². The maximum atomic E-state index is 12.7. The summed E-state index contributed by atoms with van der Waals surface area (Å²) >= 11 is 6.28. The number of carbonyl (C=O) groups excluding carboxylic acids is 1. The molecule has 1 aromatic carbocycles. The molecular formula is C18H20ClN3O2. The van der Waals surface area contributed by atoms with E-state index < -0.39 is 0 Å². The molecule has 0 bridgehead atoms. The van der Waals surface area contributed by atoms with Crippen molar-refractivity contribution in [1.82, 2.24) is 9.88 Å². The highest BCUT2D eigenvalue weighted by molar-refractivity contribution is 6.33. The molecule has 1 aromatic heterocycles. The van der Waals surface area contributed by atoms with Crippen LogP contribution in [0.1, 0.15) is 22.3 Å². The van der Waals surface area contributed by atoms with E-state index in [9.17, 15) is 9.59 Å². The smallest absolute Gasteiger partial charge is 0.259 e. The predicted octanol–water partition coefficient (Wildman–Crippen LogP) is 2.69. The van der Waals surface area contributed by atoms with Crippen LogP contribution in [0.2, 0.25) is 5.02 Å². The van der Waals surface area contributed by atoms with Crippen LogP contribution in [0, 0.1) is 6.92 Å². The number of aryl methyl sites for hydroxylation is 1. The monoisotopic (exact) mass is 345 g/mol. The van der Waals surface area contributed by atoms with Gasteiger partial charge in [0, 0.05) is 44.1 Å². The van der Waals surface area contributed by atoms with E-state index in [4.69, 9.17) is 11.6 Å². The third-order valence-electron chi connectivity index (χ3n) is 4.34. The SMILES string of the molecule is Cc1c[nH]cc(C(=O)N2CCCN(c3ccccc3Cl)CC2)c1=O. The summed E-state index contributed by atoms with van der Waals surface area (Å²) in [7, 11) is 0. The third kappa shape index (κ3) is 3.31. The van der Waals surface area contributed by atoms with E-state index in [0.29, 0.717) is 30.2 Å². The number of H-pyrrole nitrogens is 1. The van der Waals surface area contributed by atoms with Crippen molar-refractivity contribution in [3.05, 3.63) is 63.0 Å². The first-order valence-corrected chi connectivity index (χ1v) is 8.42. The molecule has 1 fully saturated rings. The molecule has 0 aliphatic carbocycles. The van der Waals surface area contributed by atoms with Crippen molar-refractivity contribution in [1.29, 1.82) is 0 Å². The summed E-state index contributed by atoms with van der Waals surface area (Å²) in [6.07, 6.45) is 3.94. The number of carbonyl (C=O) groups is 1. The molecule has 0 atom stereocenters. The number of hydrogen-bond donors (Lipinski definition) is 1. The third-order valence-corrected chi connectivity index (χ3v) is 4.66. The highest BCUT2D eigenvalue weighted by Gasteiger charge is 2.23. The molecule has 1 aliphatic heterocycles. The van der Waals surface area contributed by atoms with Crippen LogP contribution >= 0.6 is 11.6 Å². The summed E-state index contributed by atoms with van der Waals surface area (Å²) in [5.41, 5.74) is 1.54. The van der Waals surface area contributed by atoms with Crippen LogP contribution in [-0.4, -0.2) is 42.0 Å². The molecule has 2 aromatic rings. The van der Waals surface area contributed by atoms with Crippen molar-refractivity contribution in [2.45, 2.75) is 13.3 Å². The minimum atomic E-state index is -0.207. The quantitative estimate of drug-likeness (QED) is 0.910. The topological polar surface area (TPSA) is 56.4 Å². The Balaban J connectivity index is 1.76. The van der Waals surface area contributed by atoms with Crippen LogP contribution in [-0.2, 0) is 0 Å². The lowest BCUT2D eigenvalue weighted by Gasteiger charge is -2.24. The zero-order chi connectivity index (χ0) is 17.1. The number of anilines is 1. The van der Waals surface area contributed by atoms with E-state index >= 15 is 0 Å². The van der Waals surface area contributed by atoms with Gasteiger partial charge in [-0.3, -0.25) is 9.59 Å². The van der Waals surface area contributed by atoms with Crippen molar-refractivity contribution >= 4 is 23.2 Å². The average Bonchev–Trinajstić information content (AvgIpc) is 2.83. The summed E-state index contributed by atoms with van der Waals surface area (Å²) in [5.74, 6) is -0.207. The van der Waals surface area contributed by atoms with Crippen LogP contribution in [0.5, 0.6) is 0 Å². The minimum absolute atomic E-state index is 0.203. The molecule has 0 radical (unpaired) electrons. The van der Waals surface area contributed by atoms with Gasteiger partial charge in [0.2, 0.25) is 0 Å². The Morgan fingerprint density at radius 3 is 2.71 bits per heavy atom. The summed E-state index contributed by atoms with van der Waals surface area (Å²) in [6, 6.07) is 7.73. The Kier molecular flexibility index (Phi) is 4.90. The number of aromatic nitrogens is 1. The molecule has 126 valence electrons. The van der Waals surface area contributed by atoms with Gasteiger partial charge >= 0.3 is 0 Å². The van der Waals surface area contributed by atoms with Gasteiger partial charge < -0.3 is 14.8 Å². The molecule has 1 amide bonds. The molecule has 1 aliphatic rings. The minimum Gasteiger partial charge on any atom is -0.368 e. The normalized spacial score (nSPS) is 15.2. The van der Waals surface area contributed by atoms with E-state index in [1.807, 2.05) is 24.3 Å². The predicted molar refractivity (Wildman–Crippen MR) is 96.0 cm³/mol. The first-order valence-electron chi connectivity index (χ1n) is 8.04. The molecule has 0 saturated carbocycles. The molecule has 3 rings (SSSR count). The van der Waals surface area contributed by atoms with Crippen molar-refractivity contribution in [2.75, 3.05) is 31.1 Å². The van der Waals surface area contributed by atoms with Crippen molar-refractivity contribution in [3.8, 4) is 0 Å². The van der Waals surface area contributed by atoms with Crippen molar-refractivity contribution in [2.24, 2.45) is 0 Å². The number of pyridine rings is 1. The van der Waals surface area contributed by atoms with Crippen molar-refractivity contribution in [3.63, 3.8) is 0 Å². The largest absolute Gasteiger partial charge is 0.368 e. The molecular weight excluding hydrogens is 326 g/mol. The summed E-state index contributed by atoms with van der Waals surface area (Å²) < 4.78 is 0. The summed E-state index contributed by atoms with van der Waals surface area (Å²) in [6.45, 7) is 4.43. The lowest BCUT2D eigenvalue weighted by molar-refractivity contribution is 0.0765. The molecule has 0 spiro atoms. The van der Waals surface area contributed by atoms with Gasteiger partial charge in [-0.05, 0) is 25.5 Å². The molecule has 6 heteroatoms. The fraction of sp³-hybridized carbons (Fsp3) is 0.333. The number of para-hydroxylation sites is 1. The Labute approximate surface area is 145 Å². The zero-order valence-electron chi connectivity index (χ0n) is 13.6. The molecule has 2 heterocycles. The molecule has 0 unspecified atom stereocenters. The lowest BCUT2D eigenvalue weighted by Crippen LogP contribution is -2.37. The second-order valence-electron chi connectivity index (χ2n) is 5.97. The van der Waals surface area contributed by atoms with Crippen LogP contribution in [0.4, 0.5) is 5.69 Å². The van der Waals surface area contributed by atoms with E-state index in [0.717, 1.165) is 18.7 Å². The maximum absolute atomic E-state index is 12.7. The first-order chi connectivity index (χ1) is 11.6. The van der Waals surface area contributed by atoms with Gasteiger partial charge in [-0.15, -0.1) is 0 Å². The molecule has 24 heavy (non-hydrogen) atoms. The van der Waals surface area contributed by atoms with Gasteiger partial charge in [0.15, 0.2) is 5.43 Å². The highest BCUT2D eigenvalue weighted by Crippen LogP contribution is 2.26. The van der Waals surface area contributed by atoms with Gasteiger partial charge in [0.25, 0.3) is 5.91 Å². The first kappa shape index (κ1) is 16.6. The average molecular weight is 346 g/mol. The Bertz CT molecular complexity index is 803. The van der Waals surface area contributed by atoms with E-state index in [1.54, 1.807) is 18.0 Å².